The molecule has 3 aromatic rings. The van der Waals surface area contributed by atoms with E-state index in [9.17, 15) is 0 Å². The molecule has 0 radical (unpaired) electrons. The molecule has 118 valence electrons. The van der Waals surface area contributed by atoms with Crippen LogP contribution in [0.5, 0.6) is 23.1 Å². The summed E-state index contributed by atoms with van der Waals surface area (Å²) in [6.45, 7) is 6.19. The standard InChI is InChI=1S/C19H19NO3/c1-19(2,3)17-13-18(20-23-17)22-16-11-9-15(10-12-16)21-14-7-5-4-6-8-14/h4-13H,1-3H3. The molecule has 1 aromatic heterocycles. The molecule has 0 saturated carbocycles. The van der Waals surface area contributed by atoms with Gasteiger partial charge >= 0.3 is 0 Å². The highest BCUT2D eigenvalue weighted by atomic mass is 16.5. The van der Waals surface area contributed by atoms with E-state index in [1.807, 2.05) is 60.7 Å². The van der Waals surface area contributed by atoms with Gasteiger partial charge in [-0.3, -0.25) is 0 Å². The molecule has 0 N–H and O–H groups in total. The van der Waals surface area contributed by atoms with Gasteiger partial charge in [-0.1, -0.05) is 39.0 Å². The van der Waals surface area contributed by atoms with Crippen molar-refractivity contribution in [3.8, 4) is 23.1 Å². The van der Waals surface area contributed by atoms with Crippen LogP contribution in [0.4, 0.5) is 0 Å². The fourth-order valence-corrected chi connectivity index (χ4v) is 1.98. The highest BCUT2D eigenvalue weighted by Crippen LogP contribution is 2.29. The van der Waals surface area contributed by atoms with Crippen molar-refractivity contribution >= 4 is 0 Å². The molecule has 0 atom stereocenters. The first kappa shape index (κ1) is 15.2. The second-order valence-corrected chi connectivity index (χ2v) is 6.27. The summed E-state index contributed by atoms with van der Waals surface area (Å²) in [5, 5.41) is 3.94. The summed E-state index contributed by atoms with van der Waals surface area (Å²) < 4.78 is 16.7. The number of para-hydroxylation sites is 1. The van der Waals surface area contributed by atoms with Gasteiger partial charge in [0.1, 0.15) is 23.0 Å². The Morgan fingerprint density at radius 2 is 1.35 bits per heavy atom. The minimum atomic E-state index is -0.0952. The van der Waals surface area contributed by atoms with Gasteiger partial charge in [0.05, 0.1) is 0 Å². The van der Waals surface area contributed by atoms with Crippen LogP contribution in [0.25, 0.3) is 0 Å². The van der Waals surface area contributed by atoms with Crippen molar-refractivity contribution in [2.45, 2.75) is 26.2 Å². The monoisotopic (exact) mass is 309 g/mol. The lowest BCUT2D eigenvalue weighted by Gasteiger charge is -2.11. The Balaban J connectivity index is 1.67. The van der Waals surface area contributed by atoms with E-state index in [1.54, 1.807) is 0 Å². The Bertz CT molecular complexity index is 755. The lowest BCUT2D eigenvalue weighted by atomic mass is 9.94. The van der Waals surface area contributed by atoms with E-state index in [-0.39, 0.29) is 5.41 Å². The Labute approximate surface area is 135 Å². The third-order valence-corrected chi connectivity index (χ3v) is 3.25. The first-order chi connectivity index (χ1) is 11.0. The number of benzene rings is 2. The predicted octanol–water partition coefficient (Wildman–Crippen LogP) is 5.56. The molecular weight excluding hydrogens is 290 g/mol. The molecular formula is C19H19NO3. The maximum Gasteiger partial charge on any atom is 0.259 e. The molecule has 0 unspecified atom stereocenters. The van der Waals surface area contributed by atoms with Gasteiger partial charge in [0.15, 0.2) is 0 Å². The van der Waals surface area contributed by atoms with Crippen LogP contribution in [0, 0.1) is 0 Å². The quantitative estimate of drug-likeness (QED) is 0.633. The summed E-state index contributed by atoms with van der Waals surface area (Å²) in [5.41, 5.74) is -0.0952. The zero-order valence-electron chi connectivity index (χ0n) is 13.4. The second-order valence-electron chi connectivity index (χ2n) is 6.27. The van der Waals surface area contributed by atoms with Crippen LogP contribution in [-0.2, 0) is 5.41 Å². The first-order valence-electron chi connectivity index (χ1n) is 7.49. The molecule has 0 amide bonds. The molecule has 0 aliphatic carbocycles. The van der Waals surface area contributed by atoms with Gasteiger partial charge in [-0.05, 0) is 41.6 Å². The topological polar surface area (TPSA) is 44.5 Å². The average Bonchev–Trinajstić information content (AvgIpc) is 2.99. The van der Waals surface area contributed by atoms with Gasteiger partial charge in [-0.2, -0.15) is 0 Å². The zero-order chi connectivity index (χ0) is 16.3. The van der Waals surface area contributed by atoms with Crippen LogP contribution < -0.4 is 9.47 Å². The molecule has 0 aliphatic rings. The predicted molar refractivity (Wildman–Crippen MR) is 88.2 cm³/mol. The van der Waals surface area contributed by atoms with Crippen molar-refractivity contribution in [3.05, 3.63) is 66.4 Å². The SMILES string of the molecule is CC(C)(C)c1cc(Oc2ccc(Oc3ccccc3)cc2)no1. The third kappa shape index (κ3) is 3.92. The Morgan fingerprint density at radius 3 is 1.91 bits per heavy atom. The summed E-state index contributed by atoms with van der Waals surface area (Å²) in [6.07, 6.45) is 0. The van der Waals surface area contributed by atoms with Crippen LogP contribution in [0.1, 0.15) is 26.5 Å². The van der Waals surface area contributed by atoms with Gasteiger partial charge in [0.25, 0.3) is 5.88 Å². The van der Waals surface area contributed by atoms with Gasteiger partial charge in [0, 0.05) is 11.5 Å². The Kier molecular flexibility index (Phi) is 4.06. The highest BCUT2D eigenvalue weighted by molar-refractivity contribution is 5.36. The molecule has 4 heteroatoms. The van der Waals surface area contributed by atoms with Crippen LogP contribution in [0.3, 0.4) is 0 Å². The van der Waals surface area contributed by atoms with Crippen LogP contribution >= 0.6 is 0 Å². The molecule has 0 bridgehead atoms. The van der Waals surface area contributed by atoms with E-state index in [1.165, 1.54) is 0 Å². The maximum atomic E-state index is 5.74. The number of hydrogen-bond acceptors (Lipinski definition) is 4. The lowest BCUT2D eigenvalue weighted by molar-refractivity contribution is 0.311. The van der Waals surface area contributed by atoms with Crippen molar-refractivity contribution in [2.75, 3.05) is 0 Å². The summed E-state index contributed by atoms with van der Waals surface area (Å²) in [5.74, 6) is 3.47. The second kappa shape index (κ2) is 6.16. The van der Waals surface area contributed by atoms with E-state index >= 15 is 0 Å². The summed E-state index contributed by atoms with van der Waals surface area (Å²) in [7, 11) is 0. The minimum Gasteiger partial charge on any atom is -0.457 e. The zero-order valence-corrected chi connectivity index (χ0v) is 13.4. The van der Waals surface area contributed by atoms with Crippen molar-refractivity contribution in [1.29, 1.82) is 0 Å². The molecule has 0 fully saturated rings. The number of ether oxygens (including phenoxy) is 2. The highest BCUT2D eigenvalue weighted by Gasteiger charge is 2.20. The fourth-order valence-electron chi connectivity index (χ4n) is 1.98. The molecule has 0 aliphatic heterocycles. The third-order valence-electron chi connectivity index (χ3n) is 3.25. The Morgan fingerprint density at radius 1 is 0.783 bits per heavy atom. The summed E-state index contributed by atoms with van der Waals surface area (Å²) in [4.78, 5) is 0. The van der Waals surface area contributed by atoms with Gasteiger partial charge in [-0.15, -0.1) is 0 Å². The molecule has 23 heavy (non-hydrogen) atoms. The smallest absolute Gasteiger partial charge is 0.259 e. The summed E-state index contributed by atoms with van der Waals surface area (Å²) >= 11 is 0. The van der Waals surface area contributed by atoms with Gasteiger partial charge < -0.3 is 14.0 Å². The van der Waals surface area contributed by atoms with E-state index in [4.69, 9.17) is 14.0 Å². The molecule has 1 heterocycles. The number of nitrogens with zero attached hydrogens (tertiary/aromatic N) is 1. The number of hydrogen-bond donors (Lipinski definition) is 0. The van der Waals surface area contributed by atoms with E-state index in [0.29, 0.717) is 11.6 Å². The fraction of sp³-hybridized carbons (Fsp3) is 0.211. The maximum absolute atomic E-state index is 5.74. The molecule has 3 rings (SSSR count). The van der Waals surface area contributed by atoms with Crippen LogP contribution in [0.15, 0.2) is 65.2 Å². The van der Waals surface area contributed by atoms with Crippen molar-refractivity contribution in [1.82, 2.24) is 5.16 Å². The average molecular weight is 309 g/mol. The van der Waals surface area contributed by atoms with Crippen molar-refractivity contribution in [2.24, 2.45) is 0 Å². The Hall–Kier alpha value is -2.75. The molecule has 4 nitrogen and oxygen atoms in total. The van der Waals surface area contributed by atoms with E-state index < -0.39 is 0 Å². The molecule has 0 spiro atoms. The minimum absolute atomic E-state index is 0.0952. The van der Waals surface area contributed by atoms with E-state index in [0.717, 1.165) is 17.3 Å². The van der Waals surface area contributed by atoms with Crippen molar-refractivity contribution in [3.63, 3.8) is 0 Å². The largest absolute Gasteiger partial charge is 0.457 e. The lowest BCUT2D eigenvalue weighted by Crippen LogP contribution is -2.09. The molecule has 2 aromatic carbocycles. The van der Waals surface area contributed by atoms with Gasteiger partial charge in [0.2, 0.25) is 0 Å². The van der Waals surface area contributed by atoms with E-state index in [2.05, 4.69) is 25.9 Å². The molecule has 0 saturated heterocycles. The van der Waals surface area contributed by atoms with Crippen LogP contribution in [-0.4, -0.2) is 5.16 Å². The summed E-state index contributed by atoms with van der Waals surface area (Å²) in [6, 6.07) is 18.8. The van der Waals surface area contributed by atoms with Crippen molar-refractivity contribution < 1.29 is 14.0 Å². The van der Waals surface area contributed by atoms with Gasteiger partial charge in [-0.25, -0.2) is 0 Å². The normalized spacial score (nSPS) is 11.3. The number of aromatic nitrogens is 1. The van der Waals surface area contributed by atoms with Crippen LogP contribution in [0.2, 0.25) is 0 Å². The number of rotatable bonds is 4. The first-order valence-corrected chi connectivity index (χ1v) is 7.49.